The molecule has 31 heavy (non-hydrogen) atoms. The minimum absolute atomic E-state index is 0.0134. The average molecular weight is 415 g/mol. The Morgan fingerprint density at radius 3 is 2.29 bits per heavy atom. The van der Waals surface area contributed by atoms with Crippen LogP contribution in [0, 0.1) is 6.92 Å². The van der Waals surface area contributed by atoms with Crippen LogP contribution in [0.1, 0.15) is 40.9 Å². The zero-order chi connectivity index (χ0) is 22.0. The van der Waals surface area contributed by atoms with Crippen molar-refractivity contribution < 1.29 is 14.7 Å². The number of fused-ring (bicyclic) bond motifs is 3. The van der Waals surface area contributed by atoms with E-state index in [9.17, 15) is 10.0 Å². The molecule has 0 aliphatic heterocycles. The van der Waals surface area contributed by atoms with Gasteiger partial charge in [-0.25, -0.2) is 0 Å². The molecule has 0 aliphatic rings. The second-order valence-corrected chi connectivity index (χ2v) is 7.64. The first kappa shape index (κ1) is 20.8. The molecule has 0 saturated heterocycles. The molecule has 0 atom stereocenters. The van der Waals surface area contributed by atoms with Gasteiger partial charge in [0.2, 0.25) is 0 Å². The summed E-state index contributed by atoms with van der Waals surface area (Å²) < 4.78 is 7.81. The predicted octanol–water partition coefficient (Wildman–Crippen LogP) is 5.57. The number of hydrogen-bond acceptors (Lipinski definition) is 4. The lowest BCUT2D eigenvalue weighted by molar-refractivity contribution is 0.103. The van der Waals surface area contributed by atoms with E-state index >= 15 is 0 Å². The summed E-state index contributed by atoms with van der Waals surface area (Å²) in [7, 11) is 0. The van der Waals surface area contributed by atoms with E-state index in [1.807, 2.05) is 74.5 Å². The molecule has 0 unspecified atom stereocenters. The Kier molecular flexibility index (Phi) is 5.87. The molecule has 0 saturated carbocycles. The number of hydrogen-bond donors (Lipinski definition) is 1. The molecule has 0 fully saturated rings. The Hall–Kier alpha value is -3.44. The Bertz CT molecular complexity index is 1300. The summed E-state index contributed by atoms with van der Waals surface area (Å²) in [5, 5.41) is 14.6. The third kappa shape index (κ3) is 3.84. The number of benzene rings is 3. The summed E-state index contributed by atoms with van der Waals surface area (Å²) in [6, 6.07) is 19.5. The van der Waals surface area contributed by atoms with Crippen LogP contribution in [0.5, 0.6) is 0 Å². The second kappa shape index (κ2) is 8.74. The molecule has 0 spiro atoms. The van der Waals surface area contributed by atoms with Gasteiger partial charge in [0.1, 0.15) is 0 Å². The zero-order valence-electron chi connectivity index (χ0n) is 18.1. The first-order valence-electron chi connectivity index (χ1n) is 10.5. The molecule has 0 bridgehead atoms. The third-order valence-electron chi connectivity index (χ3n) is 5.75. The van der Waals surface area contributed by atoms with Crippen molar-refractivity contribution in [2.45, 2.75) is 27.3 Å². The molecule has 0 radical (unpaired) electrons. The Labute approximate surface area is 181 Å². The minimum atomic E-state index is 0.0134. The molecular formula is C26H26N2O3. The number of ether oxygens (including phenoxy) is 1. The number of carbonyl (C=O) groups excluding carboxylic acids is 1. The van der Waals surface area contributed by atoms with E-state index < -0.39 is 0 Å². The lowest BCUT2D eigenvalue weighted by Crippen LogP contribution is -2.06. The fourth-order valence-electron chi connectivity index (χ4n) is 4.05. The fraction of sp³-hybridized carbons (Fsp3) is 0.231. The molecule has 1 aromatic heterocycles. The van der Waals surface area contributed by atoms with Crippen molar-refractivity contribution in [1.82, 2.24) is 4.57 Å². The maximum atomic E-state index is 13.2. The van der Waals surface area contributed by atoms with Crippen molar-refractivity contribution in [3.05, 3.63) is 82.9 Å². The SMILES string of the molecule is CCOCCn1c2ccc(C(=O)c3ccccc3C)cc2c2cc(/C(C)=N/O)ccc21. The Morgan fingerprint density at radius 1 is 1.00 bits per heavy atom. The molecule has 158 valence electrons. The van der Waals surface area contributed by atoms with Crippen molar-refractivity contribution in [1.29, 1.82) is 0 Å². The van der Waals surface area contributed by atoms with E-state index in [0.717, 1.165) is 32.9 Å². The number of nitrogens with zero attached hydrogens (tertiary/aromatic N) is 2. The summed E-state index contributed by atoms with van der Waals surface area (Å²) in [6.45, 7) is 7.70. The van der Waals surface area contributed by atoms with Gasteiger partial charge in [0, 0.05) is 46.1 Å². The maximum absolute atomic E-state index is 13.2. The highest BCUT2D eigenvalue weighted by atomic mass is 16.5. The van der Waals surface area contributed by atoms with Crippen LogP contribution in [0.25, 0.3) is 21.8 Å². The second-order valence-electron chi connectivity index (χ2n) is 7.64. The molecule has 4 rings (SSSR count). The Balaban J connectivity index is 1.91. The monoisotopic (exact) mass is 414 g/mol. The van der Waals surface area contributed by atoms with Gasteiger partial charge in [-0.1, -0.05) is 35.5 Å². The van der Waals surface area contributed by atoms with Gasteiger partial charge in [-0.05, 0) is 62.2 Å². The third-order valence-corrected chi connectivity index (χ3v) is 5.75. The molecular weight excluding hydrogens is 388 g/mol. The fourth-order valence-corrected chi connectivity index (χ4v) is 4.05. The van der Waals surface area contributed by atoms with Gasteiger partial charge in [-0.3, -0.25) is 4.79 Å². The van der Waals surface area contributed by atoms with Gasteiger partial charge >= 0.3 is 0 Å². The van der Waals surface area contributed by atoms with Gasteiger partial charge in [0.05, 0.1) is 12.3 Å². The molecule has 0 amide bonds. The van der Waals surface area contributed by atoms with E-state index in [-0.39, 0.29) is 5.78 Å². The van der Waals surface area contributed by atoms with Crippen molar-refractivity contribution in [2.24, 2.45) is 5.16 Å². The summed E-state index contributed by atoms with van der Waals surface area (Å²) >= 11 is 0. The first-order chi connectivity index (χ1) is 15.0. The summed E-state index contributed by atoms with van der Waals surface area (Å²) in [6.07, 6.45) is 0. The van der Waals surface area contributed by atoms with Crippen molar-refractivity contribution in [2.75, 3.05) is 13.2 Å². The summed E-state index contributed by atoms with van der Waals surface area (Å²) in [4.78, 5) is 13.2. The van der Waals surface area contributed by atoms with Crippen molar-refractivity contribution in [3.8, 4) is 0 Å². The van der Waals surface area contributed by atoms with E-state index in [4.69, 9.17) is 4.74 Å². The number of aromatic nitrogens is 1. The van der Waals surface area contributed by atoms with Crippen LogP contribution in [0.15, 0.2) is 65.8 Å². The maximum Gasteiger partial charge on any atom is 0.193 e. The van der Waals surface area contributed by atoms with E-state index in [1.165, 1.54) is 0 Å². The standard InChI is InChI=1S/C26H26N2O3/c1-4-31-14-13-28-24-11-9-19(18(3)27-30)15-22(24)23-16-20(10-12-25(23)28)26(29)21-8-6-5-7-17(21)2/h5-12,15-16,30H,4,13-14H2,1-3H3/b27-18+. The normalized spacial score (nSPS) is 12.0. The average Bonchev–Trinajstić information content (AvgIpc) is 3.11. The van der Waals surface area contributed by atoms with Gasteiger partial charge in [-0.15, -0.1) is 0 Å². The minimum Gasteiger partial charge on any atom is -0.411 e. The number of ketones is 1. The number of carbonyl (C=O) groups is 1. The highest BCUT2D eigenvalue weighted by molar-refractivity contribution is 6.16. The number of aryl methyl sites for hydroxylation is 1. The molecule has 1 heterocycles. The van der Waals surface area contributed by atoms with Crippen LogP contribution in [-0.4, -0.2) is 34.5 Å². The predicted molar refractivity (Wildman–Crippen MR) is 125 cm³/mol. The van der Waals surface area contributed by atoms with Crippen molar-refractivity contribution >= 4 is 33.3 Å². The van der Waals surface area contributed by atoms with Crippen LogP contribution < -0.4 is 0 Å². The number of rotatable bonds is 7. The molecule has 0 aliphatic carbocycles. The lowest BCUT2D eigenvalue weighted by Gasteiger charge is -2.08. The largest absolute Gasteiger partial charge is 0.411 e. The lowest BCUT2D eigenvalue weighted by atomic mass is 9.97. The molecule has 4 aromatic rings. The van der Waals surface area contributed by atoms with E-state index in [2.05, 4.69) is 9.72 Å². The highest BCUT2D eigenvalue weighted by Gasteiger charge is 2.16. The molecule has 5 heteroatoms. The van der Waals surface area contributed by atoms with Crippen LogP contribution in [0.2, 0.25) is 0 Å². The van der Waals surface area contributed by atoms with E-state index in [1.54, 1.807) is 6.92 Å². The van der Waals surface area contributed by atoms with Crippen LogP contribution in [0.4, 0.5) is 0 Å². The molecule has 3 aromatic carbocycles. The molecule has 1 N–H and O–H groups in total. The van der Waals surface area contributed by atoms with Gasteiger partial charge in [-0.2, -0.15) is 0 Å². The van der Waals surface area contributed by atoms with Gasteiger partial charge in [0.15, 0.2) is 5.78 Å². The quantitative estimate of drug-likeness (QED) is 0.141. The van der Waals surface area contributed by atoms with Crippen LogP contribution in [0.3, 0.4) is 0 Å². The first-order valence-corrected chi connectivity index (χ1v) is 10.5. The van der Waals surface area contributed by atoms with Crippen LogP contribution >= 0.6 is 0 Å². The molecule has 5 nitrogen and oxygen atoms in total. The highest BCUT2D eigenvalue weighted by Crippen LogP contribution is 2.31. The number of oxime groups is 1. The van der Waals surface area contributed by atoms with Gasteiger partial charge < -0.3 is 14.5 Å². The van der Waals surface area contributed by atoms with Crippen molar-refractivity contribution in [3.63, 3.8) is 0 Å². The summed E-state index contributed by atoms with van der Waals surface area (Å²) in [5.41, 5.74) is 5.83. The zero-order valence-corrected chi connectivity index (χ0v) is 18.1. The van der Waals surface area contributed by atoms with E-state index in [0.29, 0.717) is 36.6 Å². The smallest absolute Gasteiger partial charge is 0.193 e. The summed E-state index contributed by atoms with van der Waals surface area (Å²) in [5.74, 6) is 0.0134. The van der Waals surface area contributed by atoms with Gasteiger partial charge in [0.25, 0.3) is 0 Å². The van der Waals surface area contributed by atoms with Crippen LogP contribution in [-0.2, 0) is 11.3 Å². The topological polar surface area (TPSA) is 63.8 Å². The Morgan fingerprint density at radius 2 is 1.65 bits per heavy atom.